The summed E-state index contributed by atoms with van der Waals surface area (Å²) in [7, 11) is -3.69. The Morgan fingerprint density at radius 1 is 1.09 bits per heavy atom. The van der Waals surface area contributed by atoms with Gasteiger partial charge < -0.3 is 14.1 Å². The summed E-state index contributed by atoms with van der Waals surface area (Å²) in [6.07, 6.45) is 0. The zero-order chi connectivity index (χ0) is 15.7. The molecule has 0 N–H and O–H groups in total. The van der Waals surface area contributed by atoms with Crippen LogP contribution in [0.25, 0.3) is 10.9 Å². The Bertz CT molecular complexity index is 615. The molecule has 116 valence electrons. The minimum atomic E-state index is -2.62. The maximum Gasteiger partial charge on any atom is 1.00 e. The van der Waals surface area contributed by atoms with E-state index in [4.69, 9.17) is 4.74 Å². The quantitative estimate of drug-likeness (QED) is 0.535. The van der Waals surface area contributed by atoms with Crippen molar-refractivity contribution in [1.29, 1.82) is 0 Å². The average molecular weight is 344 g/mol. The van der Waals surface area contributed by atoms with Crippen molar-refractivity contribution in [2.24, 2.45) is 0 Å². The number of nitrogens with zero attached hydrogens (tertiary/aromatic N) is 1. The molecule has 2 rings (SSSR count). The Kier molecular flexibility index (Phi) is 7.14. The van der Waals surface area contributed by atoms with Gasteiger partial charge in [-0.3, -0.25) is 0 Å². The third-order valence-electron chi connectivity index (χ3n) is 3.64. The molecule has 22 heavy (non-hydrogen) atoms. The summed E-state index contributed by atoms with van der Waals surface area (Å²) in [6.45, 7) is 12.0. The molecule has 0 aliphatic rings. The second-order valence-electron chi connectivity index (χ2n) is 7.37. The fraction of sp³-hybridized carbons (Fsp3) is 0.500. The second kappa shape index (κ2) is 7.79. The van der Waals surface area contributed by atoms with Gasteiger partial charge in [-0.1, -0.05) is 50.9 Å². The van der Waals surface area contributed by atoms with Gasteiger partial charge in [0.1, 0.15) is 6.73 Å². The standard InChI is InChI=1S/C16H26NO2Si2.Na/c1-20(2,3)11-10-19-13-17-15-9-7-6-8-14(15)12-16(17)21(4,5)18;/h6-9,12H,10-11,13H2,1-5H3;/q-1;+1. The SMILES string of the molecule is C[Si](C)(C)CCOCn1c([Si](C)(C)[O-])cc2ccccc21.[Na+]. The van der Waals surface area contributed by atoms with E-state index in [0.29, 0.717) is 6.73 Å². The van der Waals surface area contributed by atoms with Gasteiger partial charge in [0.2, 0.25) is 0 Å². The molecule has 1 aromatic heterocycles. The fourth-order valence-corrected chi connectivity index (χ4v) is 4.48. The molecule has 0 spiro atoms. The van der Waals surface area contributed by atoms with Gasteiger partial charge in [0.25, 0.3) is 0 Å². The molecule has 2 aromatic rings. The Morgan fingerprint density at radius 3 is 2.32 bits per heavy atom. The topological polar surface area (TPSA) is 37.2 Å². The van der Waals surface area contributed by atoms with Gasteiger partial charge in [-0.2, -0.15) is 0 Å². The van der Waals surface area contributed by atoms with Crippen molar-refractivity contribution < 1.29 is 39.1 Å². The van der Waals surface area contributed by atoms with E-state index in [9.17, 15) is 4.80 Å². The third kappa shape index (κ3) is 5.33. The smallest absolute Gasteiger partial charge is 0.854 e. The first-order chi connectivity index (χ1) is 9.68. The largest absolute Gasteiger partial charge is 1.00 e. The normalized spacial score (nSPS) is 12.5. The van der Waals surface area contributed by atoms with E-state index in [1.165, 1.54) is 0 Å². The van der Waals surface area contributed by atoms with E-state index in [1.54, 1.807) is 0 Å². The number of hydrogen-bond donors (Lipinski definition) is 0. The second-order valence-corrected chi connectivity index (χ2v) is 16.5. The first kappa shape index (κ1) is 20.2. The number of ether oxygens (including phenoxy) is 1. The van der Waals surface area contributed by atoms with Crippen molar-refractivity contribution in [1.82, 2.24) is 4.57 Å². The van der Waals surface area contributed by atoms with Crippen LogP contribution < -0.4 is 39.7 Å². The first-order valence-electron chi connectivity index (χ1n) is 7.55. The van der Waals surface area contributed by atoms with Crippen LogP contribution in [0.4, 0.5) is 0 Å². The third-order valence-corrected chi connectivity index (χ3v) is 7.00. The number of aromatic nitrogens is 1. The van der Waals surface area contributed by atoms with Crippen LogP contribution >= 0.6 is 0 Å². The molecule has 0 saturated heterocycles. The van der Waals surface area contributed by atoms with Crippen LogP contribution in [-0.4, -0.2) is 27.6 Å². The molecule has 0 aliphatic heterocycles. The number of benzene rings is 1. The fourth-order valence-electron chi connectivity index (χ4n) is 2.38. The molecule has 0 atom stereocenters. The average Bonchev–Trinajstić information content (AvgIpc) is 2.72. The Morgan fingerprint density at radius 2 is 1.73 bits per heavy atom. The van der Waals surface area contributed by atoms with Gasteiger partial charge in [0.15, 0.2) is 0 Å². The van der Waals surface area contributed by atoms with Gasteiger partial charge in [0, 0.05) is 28.5 Å². The van der Waals surface area contributed by atoms with Crippen molar-refractivity contribution >= 4 is 32.6 Å². The summed E-state index contributed by atoms with van der Waals surface area (Å²) >= 11 is 0. The van der Waals surface area contributed by atoms with Crippen molar-refractivity contribution in [2.75, 3.05) is 6.61 Å². The molecule has 0 radical (unpaired) electrons. The van der Waals surface area contributed by atoms with E-state index >= 15 is 0 Å². The summed E-state index contributed by atoms with van der Waals surface area (Å²) < 4.78 is 7.96. The van der Waals surface area contributed by atoms with Crippen LogP contribution in [0.15, 0.2) is 30.3 Å². The minimum Gasteiger partial charge on any atom is -0.854 e. The Hall–Kier alpha value is 0.114. The van der Waals surface area contributed by atoms with Crippen molar-refractivity contribution in [3.8, 4) is 0 Å². The van der Waals surface area contributed by atoms with E-state index in [-0.39, 0.29) is 29.6 Å². The molecule has 0 bridgehead atoms. The molecule has 0 amide bonds. The van der Waals surface area contributed by atoms with E-state index in [0.717, 1.165) is 28.9 Å². The van der Waals surface area contributed by atoms with Crippen molar-refractivity contribution in [3.63, 3.8) is 0 Å². The van der Waals surface area contributed by atoms with Crippen LogP contribution in [0.2, 0.25) is 38.8 Å². The van der Waals surface area contributed by atoms with Crippen LogP contribution in [-0.2, 0) is 11.5 Å². The molecule has 3 nitrogen and oxygen atoms in total. The number of para-hydroxylation sites is 1. The monoisotopic (exact) mass is 343 g/mol. The minimum absolute atomic E-state index is 0. The molecular weight excluding hydrogens is 317 g/mol. The number of rotatable bonds is 6. The molecule has 0 saturated carbocycles. The molecule has 0 unspecified atom stereocenters. The molecule has 0 aliphatic carbocycles. The summed E-state index contributed by atoms with van der Waals surface area (Å²) in [6, 6.07) is 11.4. The van der Waals surface area contributed by atoms with Gasteiger partial charge >= 0.3 is 29.6 Å². The summed E-state index contributed by atoms with van der Waals surface area (Å²) in [5, 5.41) is 2.06. The number of fused-ring (bicyclic) bond motifs is 1. The Labute approximate surface area is 158 Å². The van der Waals surface area contributed by atoms with E-state index in [1.807, 2.05) is 25.2 Å². The van der Waals surface area contributed by atoms with Gasteiger partial charge in [-0.05, 0) is 28.9 Å². The zero-order valence-electron chi connectivity index (χ0n) is 14.8. The van der Waals surface area contributed by atoms with E-state index in [2.05, 4.69) is 42.4 Å². The summed E-state index contributed by atoms with van der Waals surface area (Å²) in [5.74, 6) is 0. The molecule has 0 fully saturated rings. The Balaban J connectivity index is 0.00000242. The van der Waals surface area contributed by atoms with Crippen LogP contribution in [0, 0.1) is 0 Å². The first-order valence-corrected chi connectivity index (χ1v) is 14.2. The van der Waals surface area contributed by atoms with Gasteiger partial charge in [-0.25, -0.2) is 0 Å². The predicted molar refractivity (Wildman–Crippen MR) is 93.2 cm³/mol. The zero-order valence-corrected chi connectivity index (χ0v) is 18.8. The van der Waals surface area contributed by atoms with Crippen LogP contribution in [0.1, 0.15) is 0 Å². The van der Waals surface area contributed by atoms with E-state index < -0.39 is 16.4 Å². The molecule has 1 heterocycles. The van der Waals surface area contributed by atoms with Gasteiger partial charge in [0.05, 0.1) is 0 Å². The van der Waals surface area contributed by atoms with Crippen molar-refractivity contribution in [3.05, 3.63) is 30.3 Å². The molecular formula is C16H26NNaO2Si2. The number of hydrogen-bond acceptors (Lipinski definition) is 2. The molecule has 1 aromatic carbocycles. The maximum absolute atomic E-state index is 12.6. The van der Waals surface area contributed by atoms with Crippen LogP contribution in [0.5, 0.6) is 0 Å². The molecule has 6 heteroatoms. The summed E-state index contributed by atoms with van der Waals surface area (Å²) in [5.41, 5.74) is 1.11. The van der Waals surface area contributed by atoms with Gasteiger partial charge in [-0.15, -0.1) is 0 Å². The summed E-state index contributed by atoms with van der Waals surface area (Å²) in [4.78, 5) is 12.6. The van der Waals surface area contributed by atoms with Crippen LogP contribution in [0.3, 0.4) is 0 Å². The predicted octanol–water partition coefficient (Wildman–Crippen LogP) is -0.270. The van der Waals surface area contributed by atoms with Crippen molar-refractivity contribution in [2.45, 2.75) is 45.5 Å². The maximum atomic E-state index is 12.6.